The Kier molecular flexibility index (Phi) is 4.55. The van der Waals surface area contributed by atoms with Crippen molar-refractivity contribution in [3.8, 4) is 11.4 Å². The summed E-state index contributed by atoms with van der Waals surface area (Å²) in [4.78, 5) is 30.7. The third-order valence-corrected chi connectivity index (χ3v) is 10.1. The van der Waals surface area contributed by atoms with Gasteiger partial charge in [-0.05, 0) is 29.8 Å². The molecule has 0 saturated carbocycles. The Morgan fingerprint density at radius 1 is 1.31 bits per heavy atom. The SMILES string of the molecule is C=CC[Si](C)(C)c1cccc2cc3c(nc12)-c1cc2c(c(=O)n1C3)COC(=O)[C@]2(O)CC. The van der Waals surface area contributed by atoms with Crippen LogP contribution >= 0.6 is 0 Å². The Morgan fingerprint density at radius 3 is 2.81 bits per heavy atom. The minimum absolute atomic E-state index is 0.118. The van der Waals surface area contributed by atoms with E-state index in [0.717, 1.165) is 28.2 Å². The highest BCUT2D eigenvalue weighted by molar-refractivity contribution is 6.91. The topological polar surface area (TPSA) is 81.4 Å². The summed E-state index contributed by atoms with van der Waals surface area (Å²) < 4.78 is 6.82. The van der Waals surface area contributed by atoms with Gasteiger partial charge in [-0.2, -0.15) is 0 Å². The number of cyclic esters (lactones) is 1. The van der Waals surface area contributed by atoms with Crippen molar-refractivity contribution in [2.75, 3.05) is 0 Å². The van der Waals surface area contributed by atoms with Crippen molar-refractivity contribution in [1.29, 1.82) is 0 Å². The first kappa shape index (κ1) is 20.8. The first-order chi connectivity index (χ1) is 15.2. The largest absolute Gasteiger partial charge is 0.458 e. The summed E-state index contributed by atoms with van der Waals surface area (Å²) in [5.74, 6) is -0.707. The van der Waals surface area contributed by atoms with Crippen molar-refractivity contribution in [2.45, 2.75) is 51.2 Å². The van der Waals surface area contributed by atoms with Gasteiger partial charge in [0.2, 0.25) is 0 Å². The number of allylic oxidation sites excluding steroid dienone is 1. The molecule has 7 heteroatoms. The maximum atomic E-state index is 13.3. The zero-order valence-electron chi connectivity index (χ0n) is 18.6. The number of aromatic nitrogens is 2. The van der Waals surface area contributed by atoms with Gasteiger partial charge in [0.25, 0.3) is 5.56 Å². The number of carbonyl (C=O) groups is 1. The number of benzene rings is 1. The van der Waals surface area contributed by atoms with Crippen LogP contribution < -0.4 is 10.7 Å². The summed E-state index contributed by atoms with van der Waals surface area (Å²) in [7, 11) is -1.79. The second-order valence-electron chi connectivity index (χ2n) is 9.35. The number of hydrogen-bond acceptors (Lipinski definition) is 5. The molecule has 0 saturated heterocycles. The molecule has 1 aromatic carbocycles. The molecule has 0 aliphatic carbocycles. The molecule has 2 aliphatic rings. The predicted octanol–water partition coefficient (Wildman–Crippen LogP) is 3.18. The Morgan fingerprint density at radius 2 is 2.09 bits per heavy atom. The van der Waals surface area contributed by atoms with E-state index in [2.05, 4.69) is 43.9 Å². The molecule has 164 valence electrons. The lowest BCUT2D eigenvalue weighted by molar-refractivity contribution is -0.172. The fourth-order valence-electron chi connectivity index (χ4n) is 5.02. The maximum Gasteiger partial charge on any atom is 0.343 e. The lowest BCUT2D eigenvalue weighted by Crippen LogP contribution is -2.44. The maximum absolute atomic E-state index is 13.3. The minimum Gasteiger partial charge on any atom is -0.458 e. The van der Waals surface area contributed by atoms with Gasteiger partial charge in [0.05, 0.1) is 37.1 Å². The van der Waals surface area contributed by atoms with Crippen molar-refractivity contribution in [2.24, 2.45) is 0 Å². The van der Waals surface area contributed by atoms with Gasteiger partial charge in [0.15, 0.2) is 5.60 Å². The molecule has 3 aromatic rings. The summed E-state index contributed by atoms with van der Waals surface area (Å²) in [5.41, 5.74) is 1.94. The molecule has 1 N–H and O–H groups in total. The lowest BCUT2D eigenvalue weighted by atomic mass is 9.86. The van der Waals surface area contributed by atoms with Gasteiger partial charge in [-0.25, -0.2) is 9.78 Å². The van der Waals surface area contributed by atoms with Crippen LogP contribution in [-0.4, -0.2) is 28.7 Å². The molecule has 0 bridgehead atoms. The van der Waals surface area contributed by atoms with Gasteiger partial charge in [-0.15, -0.1) is 6.58 Å². The number of nitrogens with zero attached hydrogens (tertiary/aromatic N) is 2. The first-order valence-electron chi connectivity index (χ1n) is 10.9. The molecule has 5 rings (SSSR count). The van der Waals surface area contributed by atoms with Crippen LogP contribution in [0.3, 0.4) is 0 Å². The highest BCUT2D eigenvalue weighted by Gasteiger charge is 2.45. The third kappa shape index (κ3) is 2.77. The van der Waals surface area contributed by atoms with Crippen LogP contribution in [0.25, 0.3) is 22.3 Å². The fraction of sp³-hybridized carbons (Fsp3) is 0.320. The van der Waals surface area contributed by atoms with E-state index in [-0.39, 0.29) is 18.6 Å². The van der Waals surface area contributed by atoms with Crippen LogP contribution in [0.15, 0.2) is 47.8 Å². The molecule has 0 spiro atoms. The first-order valence-corrected chi connectivity index (χ1v) is 14.1. The molecule has 0 unspecified atom stereocenters. The number of rotatable bonds is 4. The van der Waals surface area contributed by atoms with E-state index in [9.17, 15) is 14.7 Å². The fourth-order valence-corrected chi connectivity index (χ4v) is 7.35. The van der Waals surface area contributed by atoms with E-state index in [4.69, 9.17) is 9.72 Å². The molecule has 32 heavy (non-hydrogen) atoms. The number of esters is 1. The van der Waals surface area contributed by atoms with Crippen molar-refractivity contribution >= 4 is 30.1 Å². The molecule has 4 heterocycles. The van der Waals surface area contributed by atoms with Gasteiger partial charge < -0.3 is 14.4 Å². The predicted molar refractivity (Wildman–Crippen MR) is 127 cm³/mol. The zero-order chi connectivity index (χ0) is 22.8. The minimum atomic E-state index is -1.81. The second kappa shape index (κ2) is 6.98. The van der Waals surface area contributed by atoms with Crippen molar-refractivity contribution in [3.05, 3.63) is 70.0 Å². The Hall–Kier alpha value is -3.03. The van der Waals surface area contributed by atoms with E-state index < -0.39 is 19.6 Å². The monoisotopic (exact) mass is 446 g/mol. The van der Waals surface area contributed by atoms with Crippen LogP contribution in [0.2, 0.25) is 19.1 Å². The molecule has 0 radical (unpaired) electrons. The standard InChI is InChI=1S/C25H26N2O4Si/c1-5-10-32(3,4)20-9-7-8-15-11-16-13-27-19(21(16)26-22(15)20)12-18-17(23(27)28)14-31-24(29)25(18,30)6-2/h5,7-9,11-12,30H,1,6,10,13-14H2,2-4H3/t25-/m0/s1. The molecule has 0 amide bonds. The third-order valence-electron chi connectivity index (χ3n) is 6.92. The summed E-state index contributed by atoms with van der Waals surface area (Å²) in [6.45, 7) is 10.5. The van der Waals surface area contributed by atoms with E-state index >= 15 is 0 Å². The average molecular weight is 447 g/mol. The van der Waals surface area contributed by atoms with Gasteiger partial charge in [0.1, 0.15) is 6.61 Å². The van der Waals surface area contributed by atoms with E-state index in [1.807, 2.05) is 6.08 Å². The average Bonchev–Trinajstić information content (AvgIpc) is 3.12. The highest BCUT2D eigenvalue weighted by Crippen LogP contribution is 2.38. The van der Waals surface area contributed by atoms with E-state index in [1.54, 1.807) is 17.6 Å². The zero-order valence-corrected chi connectivity index (χ0v) is 19.6. The Labute approximate surface area is 187 Å². The van der Waals surface area contributed by atoms with Gasteiger partial charge in [-0.1, -0.05) is 44.3 Å². The summed E-state index contributed by atoms with van der Waals surface area (Å²) >= 11 is 0. The van der Waals surface area contributed by atoms with Gasteiger partial charge in [-0.3, -0.25) is 4.79 Å². The van der Waals surface area contributed by atoms with Crippen LogP contribution in [0.1, 0.15) is 30.0 Å². The van der Waals surface area contributed by atoms with Crippen molar-refractivity contribution in [3.63, 3.8) is 0 Å². The molecule has 2 aromatic heterocycles. The number of fused-ring (bicyclic) bond motifs is 5. The summed E-state index contributed by atoms with van der Waals surface area (Å²) in [5, 5.41) is 13.3. The van der Waals surface area contributed by atoms with E-state index in [0.29, 0.717) is 23.4 Å². The normalized spacial score (nSPS) is 19.3. The number of hydrogen-bond donors (Lipinski definition) is 1. The second-order valence-corrected chi connectivity index (χ2v) is 14.1. The van der Waals surface area contributed by atoms with Crippen LogP contribution in [0.5, 0.6) is 0 Å². The molecular weight excluding hydrogens is 420 g/mol. The van der Waals surface area contributed by atoms with E-state index in [1.165, 1.54) is 5.19 Å². The molecular formula is C25H26N2O4Si. The van der Waals surface area contributed by atoms with Crippen molar-refractivity contribution in [1.82, 2.24) is 9.55 Å². The van der Waals surface area contributed by atoms with Crippen LogP contribution in [-0.2, 0) is 28.3 Å². The summed E-state index contributed by atoms with van der Waals surface area (Å²) in [6, 6.07) is 11.1. The molecule has 0 fully saturated rings. The number of aliphatic hydroxyl groups is 1. The number of ether oxygens (including phenoxy) is 1. The van der Waals surface area contributed by atoms with Crippen LogP contribution in [0, 0.1) is 0 Å². The molecule has 6 nitrogen and oxygen atoms in total. The van der Waals surface area contributed by atoms with Crippen molar-refractivity contribution < 1.29 is 14.6 Å². The van der Waals surface area contributed by atoms with Gasteiger partial charge >= 0.3 is 5.97 Å². The number of para-hydroxylation sites is 1. The van der Waals surface area contributed by atoms with Gasteiger partial charge in [0, 0.05) is 16.5 Å². The Balaban J connectivity index is 1.78. The number of pyridine rings is 2. The molecule has 2 aliphatic heterocycles. The Bertz CT molecular complexity index is 1370. The summed E-state index contributed by atoms with van der Waals surface area (Å²) in [6.07, 6.45) is 2.11. The smallest absolute Gasteiger partial charge is 0.343 e. The molecule has 1 atom stereocenters. The quantitative estimate of drug-likeness (QED) is 0.296. The highest BCUT2D eigenvalue weighted by atomic mass is 28.3. The number of carbonyl (C=O) groups excluding carboxylic acids is 1. The van der Waals surface area contributed by atoms with Crippen LogP contribution in [0.4, 0.5) is 0 Å². The lowest BCUT2D eigenvalue weighted by Gasteiger charge is -2.31.